The van der Waals surface area contributed by atoms with E-state index in [-0.39, 0.29) is 10.6 Å². The Morgan fingerprint density at radius 3 is 2.44 bits per heavy atom. The molecule has 0 fully saturated rings. The van der Waals surface area contributed by atoms with Crippen molar-refractivity contribution in [2.75, 3.05) is 10.6 Å². The zero-order valence-electron chi connectivity index (χ0n) is 17.8. The molecule has 0 aliphatic rings. The van der Waals surface area contributed by atoms with Crippen LogP contribution in [0.2, 0.25) is 0 Å². The summed E-state index contributed by atoms with van der Waals surface area (Å²) >= 11 is 3.82. The van der Waals surface area contributed by atoms with Gasteiger partial charge in [0, 0.05) is 59.6 Å². The summed E-state index contributed by atoms with van der Waals surface area (Å²) in [4.78, 5) is 16.5. The van der Waals surface area contributed by atoms with Gasteiger partial charge in [-0.3, -0.25) is 4.98 Å². The number of urea groups is 1. The number of ether oxygens (including phenoxy) is 1. The Kier molecular flexibility index (Phi) is 6.51. The molecule has 2 amide bonds. The van der Waals surface area contributed by atoms with Crippen molar-refractivity contribution >= 4 is 30.0 Å². The van der Waals surface area contributed by atoms with Gasteiger partial charge in [-0.15, -0.1) is 12.6 Å². The van der Waals surface area contributed by atoms with E-state index in [1.807, 2.05) is 30.1 Å². The number of hydrogen-bond acceptors (Lipinski definition) is 4. The second-order valence-electron chi connectivity index (χ2n) is 7.38. The summed E-state index contributed by atoms with van der Waals surface area (Å²) in [5.41, 5.74) is 1.14. The van der Waals surface area contributed by atoms with E-state index >= 15 is 0 Å². The molecule has 4 aromatic rings. The van der Waals surface area contributed by atoms with E-state index in [1.54, 1.807) is 42.6 Å². The number of aromatic nitrogens is 2. The van der Waals surface area contributed by atoms with Gasteiger partial charge in [0.25, 0.3) is 0 Å². The third-order valence-corrected chi connectivity index (χ3v) is 5.14. The van der Waals surface area contributed by atoms with E-state index in [0.29, 0.717) is 17.2 Å². The van der Waals surface area contributed by atoms with Crippen LogP contribution in [0, 0.1) is 0 Å². The highest BCUT2D eigenvalue weighted by Gasteiger charge is 2.33. The van der Waals surface area contributed by atoms with Crippen LogP contribution in [0.4, 0.5) is 29.3 Å². The summed E-state index contributed by atoms with van der Waals surface area (Å²) in [5.74, 6) is 1.02. The molecule has 0 spiro atoms. The van der Waals surface area contributed by atoms with Crippen LogP contribution in [0.5, 0.6) is 11.5 Å². The highest BCUT2D eigenvalue weighted by atomic mass is 32.1. The predicted molar refractivity (Wildman–Crippen MR) is 126 cm³/mol. The van der Waals surface area contributed by atoms with Crippen LogP contribution in [0.1, 0.15) is 5.56 Å². The Labute approximate surface area is 198 Å². The number of hydrogen-bond donors (Lipinski definition) is 3. The first kappa shape index (κ1) is 23.2. The number of pyridine rings is 1. The minimum atomic E-state index is -4.58. The van der Waals surface area contributed by atoms with Gasteiger partial charge in [-0.05, 0) is 42.5 Å². The second kappa shape index (κ2) is 9.52. The average Bonchev–Trinajstić information content (AvgIpc) is 3.21. The molecule has 0 atom stereocenters. The van der Waals surface area contributed by atoms with Gasteiger partial charge >= 0.3 is 12.2 Å². The van der Waals surface area contributed by atoms with E-state index in [9.17, 15) is 18.0 Å². The first-order chi connectivity index (χ1) is 16.2. The summed E-state index contributed by atoms with van der Waals surface area (Å²) in [6.45, 7) is 0. The molecule has 174 valence electrons. The Bertz CT molecular complexity index is 1340. The van der Waals surface area contributed by atoms with Crippen LogP contribution in [-0.2, 0) is 13.2 Å². The van der Waals surface area contributed by atoms with E-state index in [0.717, 1.165) is 17.3 Å². The number of aryl methyl sites for hydroxylation is 1. The Balaban J connectivity index is 1.44. The molecule has 2 heterocycles. The number of nitrogens with zero attached hydrogens (tertiary/aromatic N) is 2. The number of amides is 2. The fraction of sp³-hybridized carbons (Fsp3) is 0.0833. The third-order valence-electron chi connectivity index (χ3n) is 4.75. The van der Waals surface area contributed by atoms with Gasteiger partial charge < -0.3 is 19.9 Å². The minimum Gasteiger partial charge on any atom is -0.457 e. The number of halogens is 3. The zero-order chi connectivity index (χ0) is 24.3. The van der Waals surface area contributed by atoms with Crippen LogP contribution in [0.3, 0.4) is 0 Å². The number of benzene rings is 2. The number of alkyl halides is 3. The molecule has 0 saturated carbocycles. The lowest BCUT2D eigenvalue weighted by molar-refractivity contribution is -0.139. The summed E-state index contributed by atoms with van der Waals surface area (Å²) < 4.78 is 47.0. The lowest BCUT2D eigenvalue weighted by Gasteiger charge is -2.13. The number of anilines is 2. The summed E-state index contributed by atoms with van der Waals surface area (Å²) in [6.07, 6.45) is 0.918. The minimum absolute atomic E-state index is 0.0137. The van der Waals surface area contributed by atoms with Crippen molar-refractivity contribution in [3.05, 3.63) is 84.8 Å². The standard InChI is InChI=1S/C24H19F3N4O2S/c1-31-10-8-15(14-31)21-13-19(7-9-28-21)33-18-4-2-3-16(11-18)29-23(32)30-17-5-6-22(34)20(12-17)24(25,26)27/h2-14,34H,1H3,(H2,29,30,32). The van der Waals surface area contributed by atoms with Gasteiger partial charge in [-0.2, -0.15) is 13.2 Å². The van der Waals surface area contributed by atoms with Crippen LogP contribution in [0.25, 0.3) is 11.3 Å². The van der Waals surface area contributed by atoms with E-state index < -0.39 is 17.8 Å². The zero-order valence-corrected chi connectivity index (χ0v) is 18.7. The van der Waals surface area contributed by atoms with Crippen molar-refractivity contribution in [2.24, 2.45) is 7.05 Å². The van der Waals surface area contributed by atoms with Crippen molar-refractivity contribution in [1.29, 1.82) is 0 Å². The van der Waals surface area contributed by atoms with Gasteiger partial charge in [-0.25, -0.2) is 4.79 Å². The monoisotopic (exact) mass is 484 g/mol. The van der Waals surface area contributed by atoms with Gasteiger partial charge in [0.15, 0.2) is 0 Å². The molecule has 0 aliphatic carbocycles. The van der Waals surface area contributed by atoms with Crippen molar-refractivity contribution in [3.8, 4) is 22.8 Å². The highest BCUT2D eigenvalue weighted by molar-refractivity contribution is 7.80. The highest BCUT2D eigenvalue weighted by Crippen LogP contribution is 2.35. The van der Waals surface area contributed by atoms with Gasteiger partial charge in [0.2, 0.25) is 0 Å². The average molecular weight is 485 g/mol. The second-order valence-corrected chi connectivity index (χ2v) is 7.86. The number of rotatable bonds is 5. The van der Waals surface area contributed by atoms with Crippen LogP contribution in [-0.4, -0.2) is 15.6 Å². The molecule has 0 saturated heterocycles. The van der Waals surface area contributed by atoms with Crippen molar-refractivity contribution in [3.63, 3.8) is 0 Å². The molecule has 2 N–H and O–H groups in total. The fourth-order valence-corrected chi connectivity index (χ4v) is 3.46. The van der Waals surface area contributed by atoms with Crippen LogP contribution >= 0.6 is 12.6 Å². The molecule has 10 heteroatoms. The van der Waals surface area contributed by atoms with Gasteiger partial charge in [0.05, 0.1) is 11.3 Å². The smallest absolute Gasteiger partial charge is 0.417 e. The quantitative estimate of drug-likeness (QED) is 0.272. The molecular weight excluding hydrogens is 465 g/mol. The maximum Gasteiger partial charge on any atom is 0.417 e. The first-order valence-electron chi connectivity index (χ1n) is 10.0. The fourth-order valence-electron chi connectivity index (χ4n) is 3.20. The Morgan fingerprint density at radius 1 is 1.00 bits per heavy atom. The van der Waals surface area contributed by atoms with Crippen LogP contribution < -0.4 is 15.4 Å². The van der Waals surface area contributed by atoms with E-state index in [1.165, 1.54) is 12.1 Å². The third kappa shape index (κ3) is 5.70. The Hall–Kier alpha value is -3.92. The van der Waals surface area contributed by atoms with Gasteiger partial charge in [0.1, 0.15) is 11.5 Å². The lowest BCUT2D eigenvalue weighted by Crippen LogP contribution is -2.20. The first-order valence-corrected chi connectivity index (χ1v) is 10.5. The molecule has 2 aromatic heterocycles. The molecule has 0 bridgehead atoms. The van der Waals surface area contributed by atoms with Crippen molar-refractivity contribution < 1.29 is 22.7 Å². The molecule has 6 nitrogen and oxygen atoms in total. The largest absolute Gasteiger partial charge is 0.457 e. The molecule has 0 unspecified atom stereocenters. The Morgan fingerprint density at radius 2 is 1.74 bits per heavy atom. The molecule has 0 aliphatic heterocycles. The maximum atomic E-state index is 13.1. The number of carbonyl (C=O) groups excluding carboxylic acids is 1. The SMILES string of the molecule is Cn1ccc(-c2cc(Oc3cccc(NC(=O)Nc4ccc(S)c(C(F)(F)F)c4)c3)ccn2)c1. The maximum absolute atomic E-state index is 13.1. The van der Waals surface area contributed by atoms with Crippen molar-refractivity contribution in [2.45, 2.75) is 11.1 Å². The molecule has 34 heavy (non-hydrogen) atoms. The molecule has 4 rings (SSSR count). The molecule has 2 aromatic carbocycles. The summed E-state index contributed by atoms with van der Waals surface area (Å²) in [7, 11) is 1.92. The van der Waals surface area contributed by atoms with E-state index in [4.69, 9.17) is 4.74 Å². The molecule has 0 radical (unpaired) electrons. The summed E-state index contributed by atoms with van der Waals surface area (Å²) in [5, 5.41) is 4.98. The topological polar surface area (TPSA) is 68.2 Å². The van der Waals surface area contributed by atoms with Gasteiger partial charge in [-0.1, -0.05) is 6.07 Å². The number of carbonyl (C=O) groups is 1. The number of thiol groups is 1. The molecular formula is C24H19F3N4O2S. The van der Waals surface area contributed by atoms with Crippen molar-refractivity contribution in [1.82, 2.24) is 9.55 Å². The summed E-state index contributed by atoms with van der Waals surface area (Å²) in [6, 6.07) is 14.7. The van der Waals surface area contributed by atoms with E-state index in [2.05, 4.69) is 28.2 Å². The van der Waals surface area contributed by atoms with Crippen LogP contribution in [0.15, 0.2) is 84.1 Å². The predicted octanol–water partition coefficient (Wildman–Crippen LogP) is 6.83. The normalized spacial score (nSPS) is 11.2. The lowest BCUT2D eigenvalue weighted by atomic mass is 10.2. The number of nitrogens with one attached hydrogen (secondary N) is 2.